The highest BCUT2D eigenvalue weighted by molar-refractivity contribution is 9.10. The van der Waals surface area contributed by atoms with Gasteiger partial charge in [-0.3, -0.25) is 4.79 Å². The molecule has 0 fully saturated rings. The molecule has 0 aromatic heterocycles. The van der Waals surface area contributed by atoms with Crippen LogP contribution in [0, 0.1) is 17.7 Å². The summed E-state index contributed by atoms with van der Waals surface area (Å²) >= 11 is 3.18. The molecule has 0 saturated heterocycles. The van der Waals surface area contributed by atoms with E-state index in [9.17, 15) is 9.18 Å². The molecule has 0 aliphatic rings. The normalized spacial score (nSPS) is 9.85. The molecule has 3 rings (SSSR count). The van der Waals surface area contributed by atoms with Crippen molar-refractivity contribution in [3.8, 4) is 11.8 Å². The smallest absolute Gasteiger partial charge is 0.243 e. The van der Waals surface area contributed by atoms with Crippen LogP contribution in [0.25, 0.3) is 0 Å². The first-order valence-corrected chi connectivity index (χ1v) is 9.05. The topological polar surface area (TPSA) is 41.1 Å². The van der Waals surface area contributed by atoms with Gasteiger partial charge in [0.1, 0.15) is 5.82 Å². The molecule has 1 amide bonds. The molecule has 2 N–H and O–H groups in total. The average molecular weight is 423 g/mol. The van der Waals surface area contributed by atoms with Crippen LogP contribution in [0.2, 0.25) is 0 Å². The van der Waals surface area contributed by atoms with Crippen molar-refractivity contribution in [2.24, 2.45) is 0 Å². The van der Waals surface area contributed by atoms with Gasteiger partial charge < -0.3 is 10.6 Å². The Labute approximate surface area is 165 Å². The van der Waals surface area contributed by atoms with Crippen LogP contribution in [0.4, 0.5) is 15.8 Å². The lowest BCUT2D eigenvalue weighted by molar-refractivity contribution is -0.114. The highest BCUT2D eigenvalue weighted by Gasteiger charge is 2.07. The number of amides is 1. The van der Waals surface area contributed by atoms with Gasteiger partial charge in [0.25, 0.3) is 0 Å². The molecular weight excluding hydrogens is 407 g/mol. The van der Waals surface area contributed by atoms with E-state index in [0.29, 0.717) is 4.47 Å². The summed E-state index contributed by atoms with van der Waals surface area (Å²) in [5.41, 5.74) is 2.68. The summed E-state index contributed by atoms with van der Waals surface area (Å²) in [6.07, 6.45) is 0. The number of carbonyl (C=O) groups is 1. The van der Waals surface area contributed by atoms with Crippen LogP contribution in [0.5, 0.6) is 0 Å². The van der Waals surface area contributed by atoms with Crippen molar-refractivity contribution in [1.29, 1.82) is 0 Å². The molecule has 0 unspecified atom stereocenters. The molecule has 0 atom stereocenters. The molecule has 0 spiro atoms. The summed E-state index contributed by atoms with van der Waals surface area (Å²) in [7, 11) is 0. The minimum atomic E-state index is -0.490. The molecule has 0 aliphatic heterocycles. The van der Waals surface area contributed by atoms with Crippen molar-refractivity contribution >= 4 is 33.2 Å². The zero-order valence-electron chi connectivity index (χ0n) is 14.3. The molecule has 0 radical (unpaired) electrons. The SMILES string of the molecule is O=C(CNc1cccc(C#Cc2ccccc2)c1)Nc1ccc(Br)cc1F. The van der Waals surface area contributed by atoms with Crippen LogP contribution in [0.3, 0.4) is 0 Å². The highest BCUT2D eigenvalue weighted by Crippen LogP contribution is 2.19. The molecule has 0 heterocycles. The molecule has 3 nitrogen and oxygen atoms in total. The third-order valence-corrected chi connectivity index (χ3v) is 4.14. The van der Waals surface area contributed by atoms with Crippen molar-refractivity contribution in [1.82, 2.24) is 0 Å². The van der Waals surface area contributed by atoms with E-state index >= 15 is 0 Å². The van der Waals surface area contributed by atoms with E-state index in [2.05, 4.69) is 38.4 Å². The third kappa shape index (κ3) is 5.70. The zero-order valence-corrected chi connectivity index (χ0v) is 15.9. The maximum atomic E-state index is 13.8. The second-order valence-corrected chi connectivity index (χ2v) is 6.64. The summed E-state index contributed by atoms with van der Waals surface area (Å²) in [6.45, 7) is 0.0189. The van der Waals surface area contributed by atoms with Gasteiger partial charge in [-0.1, -0.05) is 52.0 Å². The summed E-state index contributed by atoms with van der Waals surface area (Å²) in [5.74, 6) is 5.36. The predicted octanol–water partition coefficient (Wildman–Crippen LogP) is 5.04. The van der Waals surface area contributed by atoms with Crippen LogP contribution in [0.1, 0.15) is 11.1 Å². The van der Waals surface area contributed by atoms with Crippen molar-refractivity contribution in [2.75, 3.05) is 17.2 Å². The highest BCUT2D eigenvalue weighted by atomic mass is 79.9. The monoisotopic (exact) mass is 422 g/mol. The van der Waals surface area contributed by atoms with Crippen LogP contribution >= 0.6 is 15.9 Å². The summed E-state index contributed by atoms with van der Waals surface area (Å²) in [6, 6.07) is 21.7. The van der Waals surface area contributed by atoms with E-state index in [1.165, 1.54) is 12.1 Å². The zero-order chi connectivity index (χ0) is 19.1. The van der Waals surface area contributed by atoms with E-state index in [1.54, 1.807) is 6.07 Å². The minimum absolute atomic E-state index is 0.0189. The molecule has 0 aliphatic carbocycles. The maximum absolute atomic E-state index is 13.8. The summed E-state index contributed by atoms with van der Waals surface area (Å²) in [5, 5.41) is 5.57. The van der Waals surface area contributed by atoms with Crippen molar-refractivity contribution in [2.45, 2.75) is 0 Å². The van der Waals surface area contributed by atoms with Crippen LogP contribution in [-0.4, -0.2) is 12.5 Å². The first-order valence-electron chi connectivity index (χ1n) is 8.26. The van der Waals surface area contributed by atoms with E-state index in [-0.39, 0.29) is 18.1 Å². The van der Waals surface area contributed by atoms with Gasteiger partial charge in [-0.2, -0.15) is 0 Å². The van der Waals surface area contributed by atoms with Crippen molar-refractivity contribution in [3.63, 3.8) is 0 Å². The number of hydrogen-bond donors (Lipinski definition) is 2. The lowest BCUT2D eigenvalue weighted by Crippen LogP contribution is -2.22. The largest absolute Gasteiger partial charge is 0.376 e. The Morgan fingerprint density at radius 1 is 0.926 bits per heavy atom. The van der Waals surface area contributed by atoms with Gasteiger partial charge >= 0.3 is 0 Å². The molecule has 3 aromatic rings. The first-order chi connectivity index (χ1) is 13.1. The molecule has 134 valence electrons. The van der Waals surface area contributed by atoms with Gasteiger partial charge in [0.05, 0.1) is 12.2 Å². The van der Waals surface area contributed by atoms with Crippen molar-refractivity contribution in [3.05, 3.63) is 94.2 Å². The Balaban J connectivity index is 1.60. The number of rotatable bonds is 4. The fourth-order valence-corrected chi connectivity index (χ4v) is 2.67. The third-order valence-electron chi connectivity index (χ3n) is 3.65. The molecular formula is C22H16BrFN2O. The number of anilines is 2. The molecule has 0 saturated carbocycles. The van der Waals surface area contributed by atoms with Gasteiger partial charge in [-0.05, 0) is 48.5 Å². The van der Waals surface area contributed by atoms with Crippen LogP contribution in [-0.2, 0) is 4.79 Å². The average Bonchev–Trinajstić information content (AvgIpc) is 2.68. The van der Waals surface area contributed by atoms with Crippen LogP contribution < -0.4 is 10.6 Å². The van der Waals surface area contributed by atoms with Crippen LogP contribution in [0.15, 0.2) is 77.3 Å². The van der Waals surface area contributed by atoms with Gasteiger partial charge in [0, 0.05) is 21.3 Å². The first kappa shape index (κ1) is 18.7. The van der Waals surface area contributed by atoms with Gasteiger partial charge in [-0.15, -0.1) is 0 Å². The Bertz CT molecular complexity index is 1010. The second-order valence-electron chi connectivity index (χ2n) is 5.72. The summed E-state index contributed by atoms with van der Waals surface area (Å²) < 4.78 is 14.4. The minimum Gasteiger partial charge on any atom is -0.376 e. The molecule has 0 bridgehead atoms. The quantitative estimate of drug-likeness (QED) is 0.578. The van der Waals surface area contributed by atoms with Gasteiger partial charge in [-0.25, -0.2) is 4.39 Å². The molecule has 5 heteroatoms. The molecule has 3 aromatic carbocycles. The van der Waals surface area contributed by atoms with E-state index in [0.717, 1.165) is 16.8 Å². The number of benzene rings is 3. The lowest BCUT2D eigenvalue weighted by atomic mass is 10.1. The van der Waals surface area contributed by atoms with Crippen molar-refractivity contribution < 1.29 is 9.18 Å². The van der Waals surface area contributed by atoms with E-state index in [1.807, 2.05) is 54.6 Å². The summed E-state index contributed by atoms with van der Waals surface area (Å²) in [4.78, 5) is 12.0. The number of nitrogens with one attached hydrogen (secondary N) is 2. The van der Waals surface area contributed by atoms with Gasteiger partial charge in [0.2, 0.25) is 5.91 Å². The van der Waals surface area contributed by atoms with E-state index in [4.69, 9.17) is 0 Å². The fraction of sp³-hybridized carbons (Fsp3) is 0.0455. The predicted molar refractivity (Wildman–Crippen MR) is 110 cm³/mol. The standard InChI is InChI=1S/C22H16BrFN2O/c23-18-11-12-21(20(24)14-18)26-22(27)15-25-19-8-4-7-17(13-19)10-9-16-5-2-1-3-6-16/h1-8,11-14,25H,15H2,(H,26,27). The van der Waals surface area contributed by atoms with Gasteiger partial charge in [0.15, 0.2) is 0 Å². The fourth-order valence-electron chi connectivity index (χ4n) is 2.34. The lowest BCUT2D eigenvalue weighted by Gasteiger charge is -2.09. The Hall–Kier alpha value is -3.10. The Kier molecular flexibility index (Phi) is 6.24. The maximum Gasteiger partial charge on any atom is 0.243 e. The second kappa shape index (κ2) is 9.02. The number of carbonyl (C=O) groups excluding carboxylic acids is 1. The van der Waals surface area contributed by atoms with E-state index < -0.39 is 5.82 Å². The number of halogens is 2. The number of hydrogen-bond acceptors (Lipinski definition) is 2. The Morgan fingerprint density at radius 2 is 1.67 bits per heavy atom. The molecule has 27 heavy (non-hydrogen) atoms. The Morgan fingerprint density at radius 3 is 2.44 bits per heavy atom.